The van der Waals surface area contributed by atoms with Crippen LogP contribution in [0.25, 0.3) is 0 Å². The quantitative estimate of drug-likeness (QED) is 0.629. The second-order valence-electron chi connectivity index (χ2n) is 4.90. The summed E-state index contributed by atoms with van der Waals surface area (Å²) in [5.41, 5.74) is -0.229. The smallest absolute Gasteiger partial charge is 0.325 e. The highest BCUT2D eigenvalue weighted by molar-refractivity contribution is 6.30. The van der Waals surface area contributed by atoms with Gasteiger partial charge in [0.25, 0.3) is 5.91 Å². The first-order valence-electron chi connectivity index (χ1n) is 7.04. The molecule has 0 fully saturated rings. The lowest BCUT2D eigenvalue weighted by molar-refractivity contribution is -0.141. The second-order valence-corrected chi connectivity index (χ2v) is 5.33. The topological polar surface area (TPSA) is 72.5 Å². The number of benzene rings is 2. The fraction of sp³-hybridized carbons (Fsp3) is 0.118. The number of halogens is 3. The predicted molar refractivity (Wildman–Crippen MR) is 85.4 cm³/mol. The van der Waals surface area contributed by atoms with E-state index in [1.807, 2.05) is 0 Å². The minimum atomic E-state index is -0.918. The first-order chi connectivity index (χ1) is 11.9. The molecule has 5 nitrogen and oxygen atoms in total. The molecule has 2 aromatic carbocycles. The number of hydrogen-bond donors (Lipinski definition) is 1. The number of ether oxygens (including phenoxy) is 1. The molecule has 0 saturated carbocycles. The normalized spacial score (nSPS) is 10.2. The molecular weight excluding hydrogens is 356 g/mol. The fourth-order valence-corrected chi connectivity index (χ4v) is 1.97. The van der Waals surface area contributed by atoms with Crippen molar-refractivity contribution in [3.05, 3.63) is 70.2 Å². The third-order valence-corrected chi connectivity index (χ3v) is 3.34. The van der Waals surface area contributed by atoms with Gasteiger partial charge in [-0.3, -0.25) is 14.4 Å². The van der Waals surface area contributed by atoms with E-state index < -0.39 is 48.0 Å². The number of Topliss-reactive ketones (excluding diaryl/α,β-unsaturated/α-hetero) is 1. The van der Waals surface area contributed by atoms with Gasteiger partial charge < -0.3 is 10.1 Å². The third-order valence-electron chi connectivity index (χ3n) is 3.09. The van der Waals surface area contributed by atoms with Crippen LogP contribution < -0.4 is 5.32 Å². The molecule has 1 amide bonds. The van der Waals surface area contributed by atoms with E-state index in [-0.39, 0.29) is 5.56 Å². The van der Waals surface area contributed by atoms with Crippen LogP contribution in [0.5, 0.6) is 0 Å². The lowest BCUT2D eigenvalue weighted by Crippen LogP contribution is -2.31. The molecule has 0 spiro atoms. The number of amides is 1. The highest BCUT2D eigenvalue weighted by Crippen LogP contribution is 2.11. The molecule has 25 heavy (non-hydrogen) atoms. The van der Waals surface area contributed by atoms with E-state index >= 15 is 0 Å². The SMILES string of the molecule is O=C(CNC(=O)c1ccc(Cl)cc1)OCC(=O)c1cc(F)ccc1F. The number of rotatable bonds is 6. The van der Waals surface area contributed by atoms with Gasteiger partial charge in [-0.1, -0.05) is 11.6 Å². The van der Waals surface area contributed by atoms with Crippen molar-refractivity contribution in [2.75, 3.05) is 13.2 Å². The minimum Gasteiger partial charge on any atom is -0.456 e. The van der Waals surface area contributed by atoms with E-state index in [1.54, 1.807) is 0 Å². The number of ketones is 1. The average molecular weight is 368 g/mol. The van der Waals surface area contributed by atoms with Crippen LogP contribution in [0.4, 0.5) is 8.78 Å². The fourth-order valence-electron chi connectivity index (χ4n) is 1.84. The number of hydrogen-bond acceptors (Lipinski definition) is 4. The van der Waals surface area contributed by atoms with E-state index in [0.717, 1.165) is 12.1 Å². The number of nitrogens with one attached hydrogen (secondary N) is 1. The molecule has 1 N–H and O–H groups in total. The Balaban J connectivity index is 1.82. The van der Waals surface area contributed by atoms with Crippen LogP contribution in [0.1, 0.15) is 20.7 Å². The maximum Gasteiger partial charge on any atom is 0.325 e. The van der Waals surface area contributed by atoms with Gasteiger partial charge in [-0.2, -0.15) is 0 Å². The highest BCUT2D eigenvalue weighted by atomic mass is 35.5. The number of esters is 1. The number of carbonyl (C=O) groups is 3. The summed E-state index contributed by atoms with van der Waals surface area (Å²) in [6.45, 7) is -1.25. The van der Waals surface area contributed by atoms with Crippen LogP contribution in [0.15, 0.2) is 42.5 Å². The van der Waals surface area contributed by atoms with Gasteiger partial charge in [-0.15, -0.1) is 0 Å². The van der Waals surface area contributed by atoms with Crippen molar-refractivity contribution >= 4 is 29.3 Å². The van der Waals surface area contributed by atoms with Gasteiger partial charge in [0.2, 0.25) is 5.78 Å². The van der Waals surface area contributed by atoms with Gasteiger partial charge in [0.1, 0.15) is 18.2 Å². The molecule has 8 heteroatoms. The average Bonchev–Trinajstić information content (AvgIpc) is 2.60. The van der Waals surface area contributed by atoms with Crippen LogP contribution in [-0.2, 0) is 9.53 Å². The minimum absolute atomic E-state index is 0.287. The third kappa shape index (κ3) is 5.36. The van der Waals surface area contributed by atoms with Crippen LogP contribution in [-0.4, -0.2) is 30.8 Å². The molecule has 0 atom stereocenters. The van der Waals surface area contributed by atoms with E-state index in [9.17, 15) is 23.2 Å². The molecule has 0 aliphatic carbocycles. The first-order valence-corrected chi connectivity index (χ1v) is 7.42. The monoisotopic (exact) mass is 367 g/mol. The van der Waals surface area contributed by atoms with Gasteiger partial charge in [0.15, 0.2) is 6.61 Å². The van der Waals surface area contributed by atoms with E-state index in [4.69, 9.17) is 11.6 Å². The largest absolute Gasteiger partial charge is 0.456 e. The Bertz CT molecular complexity index is 809. The van der Waals surface area contributed by atoms with Crippen LogP contribution in [0.3, 0.4) is 0 Å². The Morgan fingerprint density at radius 1 is 1.04 bits per heavy atom. The Hall–Kier alpha value is -2.80. The van der Waals surface area contributed by atoms with E-state index in [2.05, 4.69) is 10.1 Å². The van der Waals surface area contributed by atoms with Gasteiger partial charge in [-0.05, 0) is 42.5 Å². The lowest BCUT2D eigenvalue weighted by Gasteiger charge is -2.07. The van der Waals surface area contributed by atoms with E-state index in [1.165, 1.54) is 24.3 Å². The summed E-state index contributed by atoms with van der Waals surface area (Å²) in [5.74, 6) is -4.03. The molecule has 0 saturated heterocycles. The zero-order valence-corrected chi connectivity index (χ0v) is 13.5. The zero-order chi connectivity index (χ0) is 18.4. The van der Waals surface area contributed by atoms with Crippen LogP contribution in [0, 0.1) is 11.6 Å². The van der Waals surface area contributed by atoms with E-state index in [0.29, 0.717) is 11.1 Å². The molecular formula is C17H12ClF2NO4. The molecule has 0 heterocycles. The Morgan fingerprint density at radius 2 is 1.72 bits per heavy atom. The van der Waals surface area contributed by atoms with Crippen molar-refractivity contribution in [3.63, 3.8) is 0 Å². The number of carbonyl (C=O) groups excluding carboxylic acids is 3. The van der Waals surface area contributed by atoms with Crippen molar-refractivity contribution in [3.8, 4) is 0 Å². The molecule has 2 aromatic rings. The maximum absolute atomic E-state index is 13.4. The molecule has 0 aliphatic rings. The summed E-state index contributed by atoms with van der Waals surface area (Å²) in [5, 5.41) is 2.76. The summed E-state index contributed by atoms with van der Waals surface area (Å²) >= 11 is 5.70. The Morgan fingerprint density at radius 3 is 2.40 bits per heavy atom. The van der Waals surface area contributed by atoms with Crippen molar-refractivity contribution in [1.82, 2.24) is 5.32 Å². The summed E-state index contributed by atoms with van der Waals surface area (Å²) in [6.07, 6.45) is 0. The lowest BCUT2D eigenvalue weighted by atomic mass is 10.1. The molecule has 0 radical (unpaired) electrons. The standard InChI is InChI=1S/C17H12ClF2NO4/c18-11-3-1-10(2-4-11)17(24)21-8-16(23)25-9-15(22)13-7-12(19)5-6-14(13)20/h1-7H,8-9H2,(H,21,24). The molecule has 0 aliphatic heterocycles. The van der Waals surface area contributed by atoms with Crippen LogP contribution >= 0.6 is 11.6 Å². The second kappa shape index (κ2) is 8.34. The molecule has 130 valence electrons. The molecule has 0 unspecified atom stereocenters. The van der Waals surface area contributed by atoms with Gasteiger partial charge in [0, 0.05) is 10.6 Å². The summed E-state index contributed by atoms with van der Waals surface area (Å²) in [7, 11) is 0. The van der Waals surface area contributed by atoms with Gasteiger partial charge in [-0.25, -0.2) is 8.78 Å². The summed E-state index contributed by atoms with van der Waals surface area (Å²) in [6, 6.07) is 8.36. The first kappa shape index (κ1) is 18.5. The van der Waals surface area contributed by atoms with Crippen molar-refractivity contribution < 1.29 is 27.9 Å². The highest BCUT2D eigenvalue weighted by Gasteiger charge is 2.16. The summed E-state index contributed by atoms with van der Waals surface area (Å²) < 4.78 is 31.1. The predicted octanol–water partition coefficient (Wildman–Crippen LogP) is 2.77. The van der Waals surface area contributed by atoms with Gasteiger partial charge in [0.05, 0.1) is 5.56 Å². The van der Waals surface area contributed by atoms with Crippen molar-refractivity contribution in [1.29, 1.82) is 0 Å². The molecule has 0 bridgehead atoms. The zero-order valence-electron chi connectivity index (χ0n) is 12.7. The molecule has 0 aromatic heterocycles. The summed E-state index contributed by atoms with van der Waals surface area (Å²) in [4.78, 5) is 35.1. The Labute approximate surface area is 146 Å². The van der Waals surface area contributed by atoms with Crippen LogP contribution in [0.2, 0.25) is 5.02 Å². The van der Waals surface area contributed by atoms with Crippen molar-refractivity contribution in [2.45, 2.75) is 0 Å². The molecule has 2 rings (SSSR count). The Kier molecular flexibility index (Phi) is 6.19. The maximum atomic E-state index is 13.4. The van der Waals surface area contributed by atoms with Crippen molar-refractivity contribution in [2.24, 2.45) is 0 Å². The van der Waals surface area contributed by atoms with Gasteiger partial charge >= 0.3 is 5.97 Å².